The maximum absolute atomic E-state index is 12.0. The van der Waals surface area contributed by atoms with E-state index < -0.39 is 5.97 Å². The van der Waals surface area contributed by atoms with Crippen molar-refractivity contribution >= 4 is 11.7 Å². The zero-order chi connectivity index (χ0) is 13.5. The Morgan fingerprint density at radius 2 is 2.11 bits per heavy atom. The standard InChI is InChI=1S/C13H19NO4/c1-9(7-8-16-2)18-13(15)12-10(14)5-4-6-11(12)17-3/h4-6,9H,7-8,14H2,1-3H3. The van der Waals surface area contributed by atoms with Gasteiger partial charge in [0.25, 0.3) is 0 Å². The van der Waals surface area contributed by atoms with E-state index in [1.807, 2.05) is 6.92 Å². The lowest BCUT2D eigenvalue weighted by Gasteiger charge is -2.15. The van der Waals surface area contributed by atoms with E-state index in [1.165, 1.54) is 7.11 Å². The molecule has 0 aliphatic rings. The molecule has 1 aromatic rings. The molecule has 0 saturated heterocycles. The van der Waals surface area contributed by atoms with Gasteiger partial charge in [0.2, 0.25) is 0 Å². The maximum Gasteiger partial charge on any atom is 0.344 e. The summed E-state index contributed by atoms with van der Waals surface area (Å²) < 4.78 is 15.3. The highest BCUT2D eigenvalue weighted by Gasteiger charge is 2.19. The van der Waals surface area contributed by atoms with Crippen LogP contribution in [-0.4, -0.2) is 32.9 Å². The molecule has 5 nitrogen and oxygen atoms in total. The molecule has 0 fully saturated rings. The topological polar surface area (TPSA) is 70.8 Å². The fourth-order valence-corrected chi connectivity index (χ4v) is 1.52. The van der Waals surface area contributed by atoms with Crippen LogP contribution in [0.2, 0.25) is 0 Å². The first-order valence-corrected chi connectivity index (χ1v) is 5.72. The number of carbonyl (C=O) groups is 1. The number of nitrogens with two attached hydrogens (primary N) is 1. The molecule has 0 amide bonds. The van der Waals surface area contributed by atoms with Gasteiger partial charge >= 0.3 is 5.97 Å². The van der Waals surface area contributed by atoms with Crippen molar-refractivity contribution in [3.8, 4) is 5.75 Å². The Hall–Kier alpha value is -1.75. The van der Waals surface area contributed by atoms with E-state index in [-0.39, 0.29) is 11.7 Å². The SMILES string of the molecule is COCCC(C)OC(=O)c1c(N)cccc1OC. The summed E-state index contributed by atoms with van der Waals surface area (Å²) in [6.45, 7) is 2.35. The lowest BCUT2D eigenvalue weighted by Crippen LogP contribution is -2.18. The zero-order valence-electron chi connectivity index (χ0n) is 10.9. The Balaban J connectivity index is 2.78. The van der Waals surface area contributed by atoms with Crippen LogP contribution in [0.3, 0.4) is 0 Å². The minimum Gasteiger partial charge on any atom is -0.496 e. The molecule has 0 saturated carbocycles. The van der Waals surface area contributed by atoms with E-state index in [4.69, 9.17) is 19.9 Å². The van der Waals surface area contributed by atoms with E-state index in [9.17, 15) is 4.79 Å². The van der Waals surface area contributed by atoms with Gasteiger partial charge in [-0.25, -0.2) is 4.79 Å². The molecule has 1 unspecified atom stereocenters. The Labute approximate surface area is 107 Å². The van der Waals surface area contributed by atoms with Crippen molar-refractivity contribution in [2.24, 2.45) is 0 Å². The summed E-state index contributed by atoms with van der Waals surface area (Å²) in [7, 11) is 3.09. The van der Waals surface area contributed by atoms with Gasteiger partial charge in [0.15, 0.2) is 0 Å². The van der Waals surface area contributed by atoms with Crippen LogP contribution in [0.15, 0.2) is 18.2 Å². The maximum atomic E-state index is 12.0. The number of esters is 1. The monoisotopic (exact) mass is 253 g/mol. The lowest BCUT2D eigenvalue weighted by atomic mass is 10.1. The molecule has 0 heterocycles. The summed E-state index contributed by atoms with van der Waals surface area (Å²) in [5, 5.41) is 0. The van der Waals surface area contributed by atoms with Gasteiger partial charge in [-0.15, -0.1) is 0 Å². The van der Waals surface area contributed by atoms with E-state index in [1.54, 1.807) is 25.3 Å². The van der Waals surface area contributed by atoms with Crippen LogP contribution in [-0.2, 0) is 9.47 Å². The Morgan fingerprint density at radius 1 is 1.39 bits per heavy atom. The fourth-order valence-electron chi connectivity index (χ4n) is 1.52. The minimum atomic E-state index is -0.478. The average molecular weight is 253 g/mol. The lowest BCUT2D eigenvalue weighted by molar-refractivity contribution is 0.0265. The van der Waals surface area contributed by atoms with Crippen molar-refractivity contribution in [1.29, 1.82) is 0 Å². The highest BCUT2D eigenvalue weighted by molar-refractivity contribution is 5.98. The molecule has 0 bridgehead atoms. The second-order valence-electron chi connectivity index (χ2n) is 3.92. The predicted molar refractivity (Wildman–Crippen MR) is 68.8 cm³/mol. The third-order valence-electron chi connectivity index (χ3n) is 2.52. The third kappa shape index (κ3) is 3.63. The predicted octanol–water partition coefficient (Wildman–Crippen LogP) is 1.86. The van der Waals surface area contributed by atoms with Crippen molar-refractivity contribution in [3.63, 3.8) is 0 Å². The molecular weight excluding hydrogens is 234 g/mol. The number of methoxy groups -OCH3 is 2. The van der Waals surface area contributed by atoms with E-state index in [2.05, 4.69) is 0 Å². The Bertz CT molecular complexity index is 406. The molecule has 1 aromatic carbocycles. The summed E-state index contributed by atoms with van der Waals surface area (Å²) in [5.74, 6) is -0.0625. The molecule has 0 spiro atoms. The number of rotatable bonds is 6. The number of nitrogen functional groups attached to an aromatic ring is 1. The van der Waals surface area contributed by atoms with Gasteiger partial charge in [-0.3, -0.25) is 0 Å². The molecule has 0 aliphatic carbocycles. The smallest absolute Gasteiger partial charge is 0.344 e. The van der Waals surface area contributed by atoms with Crippen LogP contribution in [0.5, 0.6) is 5.75 Å². The van der Waals surface area contributed by atoms with Crippen molar-refractivity contribution in [3.05, 3.63) is 23.8 Å². The van der Waals surface area contributed by atoms with Crippen LogP contribution < -0.4 is 10.5 Å². The van der Waals surface area contributed by atoms with Gasteiger partial charge in [0.1, 0.15) is 17.4 Å². The van der Waals surface area contributed by atoms with Crippen LogP contribution in [0.25, 0.3) is 0 Å². The van der Waals surface area contributed by atoms with Crippen molar-refractivity contribution < 1.29 is 19.0 Å². The molecular formula is C13H19NO4. The van der Waals surface area contributed by atoms with Crippen molar-refractivity contribution in [2.75, 3.05) is 26.6 Å². The second-order valence-corrected chi connectivity index (χ2v) is 3.92. The summed E-state index contributed by atoms with van der Waals surface area (Å²) in [4.78, 5) is 12.0. The van der Waals surface area contributed by atoms with Crippen LogP contribution in [0, 0.1) is 0 Å². The van der Waals surface area contributed by atoms with E-state index >= 15 is 0 Å². The number of benzene rings is 1. The third-order valence-corrected chi connectivity index (χ3v) is 2.52. The number of carbonyl (C=O) groups excluding carboxylic acids is 1. The van der Waals surface area contributed by atoms with Crippen LogP contribution >= 0.6 is 0 Å². The number of anilines is 1. The quantitative estimate of drug-likeness (QED) is 0.619. The molecule has 0 aromatic heterocycles. The molecule has 0 radical (unpaired) electrons. The highest BCUT2D eigenvalue weighted by atomic mass is 16.5. The first-order chi connectivity index (χ1) is 8.60. The number of hydrogen-bond acceptors (Lipinski definition) is 5. The van der Waals surface area contributed by atoms with Crippen molar-refractivity contribution in [2.45, 2.75) is 19.4 Å². The summed E-state index contributed by atoms with van der Waals surface area (Å²) in [6, 6.07) is 5.03. The summed E-state index contributed by atoms with van der Waals surface area (Å²) in [6.07, 6.45) is 0.402. The zero-order valence-corrected chi connectivity index (χ0v) is 10.9. The minimum absolute atomic E-state index is 0.234. The summed E-state index contributed by atoms with van der Waals surface area (Å²) in [5.41, 5.74) is 6.38. The van der Waals surface area contributed by atoms with Crippen LogP contribution in [0.1, 0.15) is 23.7 Å². The first kappa shape index (κ1) is 14.3. The Morgan fingerprint density at radius 3 is 2.72 bits per heavy atom. The van der Waals surface area contributed by atoms with Gasteiger partial charge in [-0.05, 0) is 19.1 Å². The van der Waals surface area contributed by atoms with Gasteiger partial charge in [-0.2, -0.15) is 0 Å². The van der Waals surface area contributed by atoms with Crippen LogP contribution in [0.4, 0.5) is 5.69 Å². The largest absolute Gasteiger partial charge is 0.496 e. The molecule has 5 heteroatoms. The van der Waals surface area contributed by atoms with E-state index in [0.29, 0.717) is 24.5 Å². The average Bonchev–Trinajstić information content (AvgIpc) is 2.35. The Kier molecular flexibility index (Phi) is 5.45. The molecule has 0 aliphatic heterocycles. The number of hydrogen-bond donors (Lipinski definition) is 1. The second kappa shape index (κ2) is 6.86. The highest BCUT2D eigenvalue weighted by Crippen LogP contribution is 2.25. The molecule has 1 atom stereocenters. The van der Waals surface area contributed by atoms with Gasteiger partial charge in [0.05, 0.1) is 7.11 Å². The molecule has 100 valence electrons. The van der Waals surface area contributed by atoms with Gasteiger partial charge < -0.3 is 19.9 Å². The normalized spacial score (nSPS) is 11.9. The fraction of sp³-hybridized carbons (Fsp3) is 0.462. The molecule has 2 N–H and O–H groups in total. The molecule has 1 rings (SSSR count). The first-order valence-electron chi connectivity index (χ1n) is 5.72. The number of ether oxygens (including phenoxy) is 3. The van der Waals surface area contributed by atoms with Crippen molar-refractivity contribution in [1.82, 2.24) is 0 Å². The molecule has 18 heavy (non-hydrogen) atoms. The van der Waals surface area contributed by atoms with Gasteiger partial charge in [0, 0.05) is 25.8 Å². The van der Waals surface area contributed by atoms with E-state index in [0.717, 1.165) is 0 Å². The summed E-state index contributed by atoms with van der Waals surface area (Å²) >= 11 is 0. The van der Waals surface area contributed by atoms with Gasteiger partial charge in [-0.1, -0.05) is 6.07 Å².